The first-order valence-corrected chi connectivity index (χ1v) is 10.1. The molecular weight excluding hydrogens is 350 g/mol. The highest BCUT2D eigenvalue weighted by Crippen LogP contribution is 2.24. The second-order valence-electron chi connectivity index (χ2n) is 7.17. The van der Waals surface area contributed by atoms with Crippen LogP contribution in [-0.4, -0.2) is 35.6 Å². The molecule has 1 saturated heterocycles. The van der Waals surface area contributed by atoms with Crippen LogP contribution in [0.1, 0.15) is 44.4 Å². The number of anilines is 4. The van der Waals surface area contributed by atoms with Gasteiger partial charge in [0.2, 0.25) is 5.95 Å². The standard InChI is InChI=1S/C21H29N7/c1-3-5-6-16-12-20(28-10-9-18(14-28)24-4-2)27-21(25-16)26-17-7-8-19(23)15(11-17)13-22/h7-8,11-12,18,24H,3-6,9-10,14,23H2,1-2H3,(H,25,26,27)/t18-/m0/s1. The monoisotopic (exact) mass is 379 g/mol. The fourth-order valence-electron chi connectivity index (χ4n) is 3.47. The number of unbranched alkanes of at least 4 members (excludes halogenated alkanes) is 1. The van der Waals surface area contributed by atoms with Gasteiger partial charge in [0.05, 0.1) is 5.56 Å². The molecule has 3 rings (SSSR count). The van der Waals surface area contributed by atoms with Crippen LogP contribution in [0.25, 0.3) is 0 Å². The van der Waals surface area contributed by atoms with E-state index in [1.54, 1.807) is 12.1 Å². The van der Waals surface area contributed by atoms with Crippen molar-refractivity contribution in [1.82, 2.24) is 15.3 Å². The summed E-state index contributed by atoms with van der Waals surface area (Å²) in [6.45, 7) is 7.25. The van der Waals surface area contributed by atoms with Crippen molar-refractivity contribution < 1.29 is 0 Å². The zero-order chi connectivity index (χ0) is 19.9. The molecule has 1 atom stereocenters. The Bertz CT molecular complexity index is 843. The van der Waals surface area contributed by atoms with E-state index in [-0.39, 0.29) is 0 Å². The second kappa shape index (κ2) is 9.38. The Hall–Kier alpha value is -2.85. The number of likely N-dealkylation sites (N-methyl/N-ethyl adjacent to an activating group) is 1. The SMILES string of the molecule is CCCCc1cc(N2CC[C@H](NCC)C2)nc(Nc2ccc(N)c(C#N)c2)n1. The normalized spacial score (nSPS) is 16.2. The number of nitrogen functional groups attached to an aromatic ring is 1. The van der Waals surface area contributed by atoms with Crippen LogP contribution in [0.2, 0.25) is 0 Å². The first-order valence-electron chi connectivity index (χ1n) is 10.1. The molecule has 7 nitrogen and oxygen atoms in total. The van der Waals surface area contributed by atoms with Gasteiger partial charge in [0, 0.05) is 42.3 Å². The highest BCUT2D eigenvalue weighted by atomic mass is 15.3. The molecule has 0 radical (unpaired) electrons. The molecule has 1 fully saturated rings. The predicted octanol–water partition coefficient (Wildman–Crippen LogP) is 3.20. The number of aromatic nitrogens is 2. The number of rotatable bonds is 8. The van der Waals surface area contributed by atoms with E-state index in [4.69, 9.17) is 15.7 Å². The van der Waals surface area contributed by atoms with Gasteiger partial charge in [0.15, 0.2) is 0 Å². The molecule has 0 aliphatic carbocycles. The zero-order valence-corrected chi connectivity index (χ0v) is 16.7. The molecule has 0 unspecified atom stereocenters. The predicted molar refractivity (Wildman–Crippen MR) is 114 cm³/mol. The highest BCUT2D eigenvalue weighted by molar-refractivity contribution is 5.65. The van der Waals surface area contributed by atoms with E-state index in [0.717, 1.165) is 62.5 Å². The lowest BCUT2D eigenvalue weighted by atomic mass is 10.2. The van der Waals surface area contributed by atoms with Crippen LogP contribution in [0.4, 0.5) is 23.1 Å². The number of nitriles is 1. The van der Waals surface area contributed by atoms with E-state index in [9.17, 15) is 5.26 Å². The van der Waals surface area contributed by atoms with Crippen LogP contribution >= 0.6 is 0 Å². The van der Waals surface area contributed by atoms with Crippen molar-refractivity contribution in [2.45, 2.75) is 45.6 Å². The second-order valence-corrected chi connectivity index (χ2v) is 7.17. The van der Waals surface area contributed by atoms with Crippen molar-refractivity contribution in [2.24, 2.45) is 0 Å². The average molecular weight is 380 g/mol. The highest BCUT2D eigenvalue weighted by Gasteiger charge is 2.23. The molecule has 7 heteroatoms. The lowest BCUT2D eigenvalue weighted by molar-refractivity contribution is 0.571. The number of nitrogens with two attached hydrogens (primary N) is 1. The van der Waals surface area contributed by atoms with Gasteiger partial charge >= 0.3 is 0 Å². The number of nitrogens with zero attached hydrogens (tertiary/aromatic N) is 4. The van der Waals surface area contributed by atoms with Gasteiger partial charge in [-0.05, 0) is 44.0 Å². The van der Waals surface area contributed by atoms with Crippen LogP contribution < -0.4 is 21.3 Å². The maximum absolute atomic E-state index is 9.20. The molecule has 2 aromatic rings. The molecule has 1 aromatic carbocycles. The van der Waals surface area contributed by atoms with Crippen LogP contribution in [0.3, 0.4) is 0 Å². The van der Waals surface area contributed by atoms with E-state index in [2.05, 4.69) is 41.5 Å². The molecule has 1 aliphatic heterocycles. The van der Waals surface area contributed by atoms with Crippen molar-refractivity contribution in [3.63, 3.8) is 0 Å². The summed E-state index contributed by atoms with van der Waals surface area (Å²) in [4.78, 5) is 11.8. The Kier molecular flexibility index (Phi) is 6.66. The summed E-state index contributed by atoms with van der Waals surface area (Å²) >= 11 is 0. The smallest absolute Gasteiger partial charge is 0.229 e. The number of aryl methyl sites for hydroxylation is 1. The number of hydrogen-bond donors (Lipinski definition) is 3. The molecule has 0 bridgehead atoms. The summed E-state index contributed by atoms with van der Waals surface area (Å²) in [5.74, 6) is 1.52. The molecule has 0 saturated carbocycles. The van der Waals surface area contributed by atoms with E-state index < -0.39 is 0 Å². The topological polar surface area (TPSA) is 103 Å². The van der Waals surface area contributed by atoms with Crippen LogP contribution in [0, 0.1) is 11.3 Å². The van der Waals surface area contributed by atoms with Crippen molar-refractivity contribution in [3.05, 3.63) is 35.5 Å². The van der Waals surface area contributed by atoms with E-state index in [1.165, 1.54) is 0 Å². The molecule has 4 N–H and O–H groups in total. The molecule has 1 aromatic heterocycles. The zero-order valence-electron chi connectivity index (χ0n) is 16.7. The minimum atomic E-state index is 0.445. The van der Waals surface area contributed by atoms with Gasteiger partial charge in [0.25, 0.3) is 0 Å². The number of nitrogens with one attached hydrogen (secondary N) is 2. The Morgan fingerprint density at radius 2 is 2.14 bits per heavy atom. The molecular formula is C21H29N7. The number of benzene rings is 1. The Morgan fingerprint density at radius 1 is 1.29 bits per heavy atom. The minimum absolute atomic E-state index is 0.445. The lowest BCUT2D eigenvalue weighted by Crippen LogP contribution is -2.32. The first kappa shape index (κ1) is 19.9. The summed E-state index contributed by atoms with van der Waals surface area (Å²) in [6, 6.07) is 10.0. The lowest BCUT2D eigenvalue weighted by Gasteiger charge is -2.19. The van der Waals surface area contributed by atoms with Crippen LogP contribution in [0.5, 0.6) is 0 Å². The van der Waals surface area contributed by atoms with Crippen molar-refractivity contribution in [3.8, 4) is 6.07 Å². The largest absolute Gasteiger partial charge is 0.398 e. The summed E-state index contributed by atoms with van der Waals surface area (Å²) in [6.07, 6.45) is 4.26. The Balaban J connectivity index is 1.84. The third kappa shape index (κ3) is 4.90. The maximum Gasteiger partial charge on any atom is 0.229 e. The minimum Gasteiger partial charge on any atom is -0.398 e. The van der Waals surface area contributed by atoms with E-state index >= 15 is 0 Å². The summed E-state index contributed by atoms with van der Waals surface area (Å²) in [5.41, 5.74) is 8.54. The van der Waals surface area contributed by atoms with Gasteiger partial charge in [-0.15, -0.1) is 0 Å². The van der Waals surface area contributed by atoms with Crippen molar-refractivity contribution in [1.29, 1.82) is 5.26 Å². The average Bonchev–Trinajstić information content (AvgIpc) is 3.17. The van der Waals surface area contributed by atoms with Crippen LogP contribution in [-0.2, 0) is 6.42 Å². The summed E-state index contributed by atoms with van der Waals surface area (Å²) < 4.78 is 0. The van der Waals surface area contributed by atoms with Gasteiger partial charge in [-0.3, -0.25) is 0 Å². The molecule has 0 spiro atoms. The van der Waals surface area contributed by atoms with E-state index in [0.29, 0.717) is 23.2 Å². The first-order chi connectivity index (χ1) is 13.6. The molecule has 148 valence electrons. The third-order valence-corrected chi connectivity index (χ3v) is 4.99. The van der Waals surface area contributed by atoms with Gasteiger partial charge < -0.3 is 21.3 Å². The van der Waals surface area contributed by atoms with Gasteiger partial charge in [-0.1, -0.05) is 20.3 Å². The molecule has 0 amide bonds. The van der Waals surface area contributed by atoms with Gasteiger partial charge in [0.1, 0.15) is 11.9 Å². The fourth-order valence-corrected chi connectivity index (χ4v) is 3.47. The maximum atomic E-state index is 9.20. The molecule has 28 heavy (non-hydrogen) atoms. The Morgan fingerprint density at radius 3 is 2.89 bits per heavy atom. The fraction of sp³-hybridized carbons (Fsp3) is 0.476. The van der Waals surface area contributed by atoms with Gasteiger partial charge in [-0.2, -0.15) is 10.2 Å². The summed E-state index contributed by atoms with van der Waals surface area (Å²) in [7, 11) is 0. The summed E-state index contributed by atoms with van der Waals surface area (Å²) in [5, 5.41) is 16.0. The van der Waals surface area contributed by atoms with Crippen molar-refractivity contribution >= 4 is 23.1 Å². The quantitative estimate of drug-likeness (QED) is 0.605. The third-order valence-electron chi connectivity index (χ3n) is 4.99. The molecule has 2 heterocycles. The molecule has 1 aliphatic rings. The number of hydrogen-bond acceptors (Lipinski definition) is 7. The van der Waals surface area contributed by atoms with Crippen molar-refractivity contribution in [2.75, 3.05) is 35.6 Å². The van der Waals surface area contributed by atoms with E-state index in [1.807, 2.05) is 6.07 Å². The van der Waals surface area contributed by atoms with Crippen LogP contribution in [0.15, 0.2) is 24.3 Å². The Labute approximate surface area is 167 Å². The van der Waals surface area contributed by atoms with Gasteiger partial charge in [-0.25, -0.2) is 4.98 Å².